The molecule has 80 heavy (non-hydrogen) atoms. The third-order valence-electron chi connectivity index (χ3n) is 18.0. The normalized spacial score (nSPS) is 12.4. The van der Waals surface area contributed by atoms with E-state index in [2.05, 4.69) is 27.7 Å². The Morgan fingerprint density at radius 3 is 0.463 bits per heavy atom. The SMILES string of the molecule is CCCCCCCCCCCc1c2c(O)cc(O)c1Cc1c(O)cc(O)c(c1CCCCCCCCCCC)Cc1c(O)cc(O)c(c1CCCCCCCCCCC)Cc1c(O)cc(O)c(c1CCCCCCCCCCC)C2. The van der Waals surface area contributed by atoms with Crippen LogP contribution in [0.15, 0.2) is 24.3 Å². The molecule has 8 bridgehead atoms. The van der Waals surface area contributed by atoms with Gasteiger partial charge in [-0.2, -0.15) is 0 Å². The van der Waals surface area contributed by atoms with Gasteiger partial charge in [-0.15, -0.1) is 0 Å². The van der Waals surface area contributed by atoms with Gasteiger partial charge in [0.15, 0.2) is 0 Å². The van der Waals surface area contributed by atoms with Gasteiger partial charge in [0.25, 0.3) is 0 Å². The number of benzene rings is 4. The summed E-state index contributed by atoms with van der Waals surface area (Å²) in [4.78, 5) is 0. The van der Waals surface area contributed by atoms with Crippen molar-refractivity contribution in [1.82, 2.24) is 0 Å². The van der Waals surface area contributed by atoms with E-state index < -0.39 is 0 Å². The fourth-order valence-electron chi connectivity index (χ4n) is 13.1. The average Bonchev–Trinajstić information content (AvgIpc) is 3.42. The first-order chi connectivity index (χ1) is 38.9. The minimum absolute atomic E-state index is 0.0593. The molecule has 0 aliphatic heterocycles. The molecule has 0 radical (unpaired) electrons. The summed E-state index contributed by atoms with van der Waals surface area (Å²) in [5, 5.41) is 97.3. The molecule has 0 aromatic heterocycles. The van der Waals surface area contributed by atoms with Crippen molar-refractivity contribution in [2.75, 3.05) is 0 Å². The van der Waals surface area contributed by atoms with E-state index in [4.69, 9.17) is 0 Å². The van der Waals surface area contributed by atoms with E-state index in [1.54, 1.807) is 0 Å². The second kappa shape index (κ2) is 37.4. The van der Waals surface area contributed by atoms with Gasteiger partial charge in [0.2, 0.25) is 0 Å². The van der Waals surface area contributed by atoms with Crippen LogP contribution in [-0.4, -0.2) is 40.9 Å². The van der Waals surface area contributed by atoms with E-state index in [9.17, 15) is 40.9 Å². The number of aromatic hydroxyl groups is 8. The van der Waals surface area contributed by atoms with Crippen LogP contribution in [-0.2, 0) is 51.4 Å². The molecule has 8 heteroatoms. The van der Waals surface area contributed by atoms with Gasteiger partial charge < -0.3 is 40.9 Å². The number of hydrogen-bond acceptors (Lipinski definition) is 8. The Labute approximate surface area is 485 Å². The zero-order valence-electron chi connectivity index (χ0n) is 51.0. The van der Waals surface area contributed by atoms with Crippen LogP contribution in [0.3, 0.4) is 0 Å². The molecule has 1 aliphatic rings. The maximum atomic E-state index is 12.2. The predicted molar refractivity (Wildman–Crippen MR) is 334 cm³/mol. The number of fused-ring (bicyclic) bond motifs is 8. The largest absolute Gasteiger partial charge is 0.508 e. The molecule has 4 aromatic carbocycles. The van der Waals surface area contributed by atoms with E-state index in [0.717, 1.165) is 125 Å². The summed E-state index contributed by atoms with van der Waals surface area (Å²) in [7, 11) is 0. The van der Waals surface area contributed by atoms with Crippen LogP contribution in [0, 0.1) is 0 Å². The van der Waals surface area contributed by atoms with E-state index in [1.807, 2.05) is 0 Å². The van der Waals surface area contributed by atoms with Gasteiger partial charge in [-0.05, 0) is 73.6 Å². The topological polar surface area (TPSA) is 162 Å². The van der Waals surface area contributed by atoms with Gasteiger partial charge >= 0.3 is 0 Å². The summed E-state index contributed by atoms with van der Waals surface area (Å²) in [6, 6.07) is 5.68. The highest BCUT2D eigenvalue weighted by atomic mass is 16.3. The first-order valence-corrected chi connectivity index (χ1v) is 33.2. The van der Waals surface area contributed by atoms with Gasteiger partial charge in [-0.25, -0.2) is 0 Å². The Bertz CT molecular complexity index is 1980. The highest BCUT2D eigenvalue weighted by molar-refractivity contribution is 5.64. The molecule has 0 amide bonds. The average molecular weight is 1110 g/mol. The highest BCUT2D eigenvalue weighted by Gasteiger charge is 2.29. The highest BCUT2D eigenvalue weighted by Crippen LogP contribution is 2.47. The molecule has 0 heterocycles. The lowest BCUT2D eigenvalue weighted by molar-refractivity contribution is 0.433. The van der Waals surface area contributed by atoms with Crippen molar-refractivity contribution < 1.29 is 40.9 Å². The van der Waals surface area contributed by atoms with Gasteiger partial charge in [0.1, 0.15) is 46.0 Å². The van der Waals surface area contributed by atoms with Crippen LogP contribution >= 0.6 is 0 Å². The number of hydrogen-bond donors (Lipinski definition) is 8. The quantitative estimate of drug-likeness (QED) is 0.0180. The van der Waals surface area contributed by atoms with Crippen LogP contribution in [0.1, 0.15) is 326 Å². The second-order valence-electron chi connectivity index (χ2n) is 24.4. The number of unbranched alkanes of at least 4 members (excludes halogenated alkanes) is 32. The van der Waals surface area contributed by atoms with Crippen LogP contribution < -0.4 is 0 Å². The molecule has 0 unspecified atom stereocenters. The smallest absolute Gasteiger partial charge is 0.123 e. The molecule has 448 valence electrons. The summed E-state index contributed by atoms with van der Waals surface area (Å²) in [6.45, 7) is 8.96. The van der Waals surface area contributed by atoms with Gasteiger partial charge in [-0.3, -0.25) is 0 Å². The van der Waals surface area contributed by atoms with Crippen LogP contribution in [0.25, 0.3) is 0 Å². The van der Waals surface area contributed by atoms with Crippen LogP contribution in [0.4, 0.5) is 0 Å². The van der Waals surface area contributed by atoms with Gasteiger partial charge in [-0.1, -0.05) is 233 Å². The fourth-order valence-corrected chi connectivity index (χ4v) is 13.1. The van der Waals surface area contributed by atoms with E-state index in [0.29, 0.717) is 70.2 Å². The lowest BCUT2D eigenvalue weighted by Gasteiger charge is -2.26. The minimum Gasteiger partial charge on any atom is -0.508 e. The number of phenolic OH excluding ortho intramolecular Hbond substituents is 8. The molecular weight excluding hydrogens is 993 g/mol. The van der Waals surface area contributed by atoms with Crippen molar-refractivity contribution in [3.05, 3.63) is 91.0 Å². The molecule has 0 saturated carbocycles. The summed E-state index contributed by atoms with van der Waals surface area (Å²) in [5.41, 5.74) is 8.12. The zero-order chi connectivity index (χ0) is 57.5. The molecule has 8 N–H and O–H groups in total. The fraction of sp³-hybridized carbons (Fsp3) is 0.667. The van der Waals surface area contributed by atoms with E-state index in [1.165, 1.54) is 153 Å². The van der Waals surface area contributed by atoms with Gasteiger partial charge in [0.05, 0.1) is 0 Å². The van der Waals surface area contributed by atoms with Crippen molar-refractivity contribution in [3.8, 4) is 46.0 Å². The standard InChI is InChI=1S/C72H112O8/c1-5-9-13-17-21-25-29-33-37-41-53-57-45-59-54(42-38-34-30-26-22-18-14-10-6-2)61(69(77)50-67(59)75)47-63-56(44-40-36-32-28-24-20-16-12-8-4)64(72(80)52-71(63)79)48-62-55(43-39-35-31-27-23-19-15-11-7-3)60(68(76)51-70(62)78)46-58(53)66(74)49-65(57)73/h49-52,73-80H,5-48H2,1-4H3. The molecule has 0 fully saturated rings. The minimum atomic E-state index is -0.0593. The molecule has 0 spiro atoms. The summed E-state index contributed by atoms with van der Waals surface area (Å²) in [5.74, 6) is -0.475. The van der Waals surface area contributed by atoms with Crippen molar-refractivity contribution in [3.63, 3.8) is 0 Å². The van der Waals surface area contributed by atoms with Crippen molar-refractivity contribution in [2.24, 2.45) is 0 Å². The molecule has 1 aliphatic carbocycles. The maximum absolute atomic E-state index is 12.2. The molecular formula is C72H112O8. The Morgan fingerprint density at radius 1 is 0.200 bits per heavy atom. The van der Waals surface area contributed by atoms with Crippen molar-refractivity contribution >= 4 is 0 Å². The third-order valence-corrected chi connectivity index (χ3v) is 18.0. The zero-order valence-corrected chi connectivity index (χ0v) is 51.0. The van der Waals surface area contributed by atoms with Gasteiger partial charge in [0, 0.05) is 94.5 Å². The Kier molecular flexibility index (Phi) is 30.9. The van der Waals surface area contributed by atoms with E-state index in [-0.39, 0.29) is 71.7 Å². The Hall–Kier alpha value is -4.72. The van der Waals surface area contributed by atoms with Crippen LogP contribution in [0.2, 0.25) is 0 Å². The number of rotatable bonds is 40. The van der Waals surface area contributed by atoms with E-state index >= 15 is 0 Å². The molecule has 8 nitrogen and oxygen atoms in total. The Balaban J connectivity index is 1.68. The molecule has 4 aromatic rings. The van der Waals surface area contributed by atoms with Crippen molar-refractivity contribution in [1.29, 1.82) is 0 Å². The van der Waals surface area contributed by atoms with Crippen LogP contribution in [0.5, 0.6) is 46.0 Å². The maximum Gasteiger partial charge on any atom is 0.123 e. The molecule has 5 rings (SSSR count). The summed E-state index contributed by atoms with van der Waals surface area (Å²) >= 11 is 0. The first kappa shape index (κ1) is 66.1. The second-order valence-corrected chi connectivity index (χ2v) is 24.4. The van der Waals surface area contributed by atoms with Crippen molar-refractivity contribution in [2.45, 2.75) is 310 Å². The summed E-state index contributed by atoms with van der Waals surface area (Å²) < 4.78 is 0. The monoisotopic (exact) mass is 1100 g/mol. The molecule has 0 saturated heterocycles. The Morgan fingerprint density at radius 2 is 0.325 bits per heavy atom. The lowest BCUT2D eigenvalue weighted by Crippen LogP contribution is -2.12. The molecule has 0 atom stereocenters. The predicted octanol–water partition coefficient (Wildman–Crippen LogP) is 20.3. The first-order valence-electron chi connectivity index (χ1n) is 33.2. The third kappa shape index (κ3) is 20.9. The lowest BCUT2D eigenvalue weighted by atomic mass is 9.80. The summed E-state index contributed by atoms with van der Waals surface area (Å²) in [6.07, 6.45) is 43.8. The number of phenols is 8.